The zero-order valence-electron chi connectivity index (χ0n) is 11.1. The summed E-state index contributed by atoms with van der Waals surface area (Å²) in [6.07, 6.45) is 3.72. The molecule has 0 bridgehead atoms. The summed E-state index contributed by atoms with van der Waals surface area (Å²) >= 11 is 0. The zero-order chi connectivity index (χ0) is 12.7. The average molecular weight is 234 g/mol. The lowest BCUT2D eigenvalue weighted by atomic mass is 10.3. The van der Waals surface area contributed by atoms with Crippen molar-refractivity contribution in [1.82, 2.24) is 14.7 Å². The summed E-state index contributed by atoms with van der Waals surface area (Å²) in [5, 5.41) is 13.2. The van der Waals surface area contributed by atoms with Crippen LogP contribution in [0, 0.1) is 11.3 Å². The van der Waals surface area contributed by atoms with Crippen molar-refractivity contribution < 1.29 is 0 Å². The van der Waals surface area contributed by atoms with Crippen LogP contribution in [-0.2, 0) is 6.54 Å². The molecule has 1 heterocycles. The molecule has 0 aromatic carbocycles. The van der Waals surface area contributed by atoms with Crippen molar-refractivity contribution >= 4 is 0 Å². The van der Waals surface area contributed by atoms with E-state index in [1.807, 2.05) is 10.9 Å². The van der Waals surface area contributed by atoms with Crippen molar-refractivity contribution in [2.45, 2.75) is 46.2 Å². The van der Waals surface area contributed by atoms with Gasteiger partial charge in [0.1, 0.15) is 0 Å². The molecule has 94 valence electrons. The SMILES string of the molecule is CCC(C)n1ccc(CN(CC)CCC#N)n1. The minimum Gasteiger partial charge on any atom is -0.297 e. The highest BCUT2D eigenvalue weighted by Crippen LogP contribution is 2.10. The van der Waals surface area contributed by atoms with E-state index in [1.54, 1.807) is 0 Å². The van der Waals surface area contributed by atoms with Gasteiger partial charge in [0.05, 0.1) is 11.8 Å². The second kappa shape index (κ2) is 7.08. The van der Waals surface area contributed by atoms with E-state index in [-0.39, 0.29) is 0 Å². The molecule has 0 saturated heterocycles. The molecule has 0 saturated carbocycles. The van der Waals surface area contributed by atoms with Gasteiger partial charge in [-0.15, -0.1) is 0 Å². The predicted octanol–water partition coefficient (Wildman–Crippen LogP) is 2.59. The molecule has 1 aromatic rings. The highest BCUT2D eigenvalue weighted by molar-refractivity contribution is 4.99. The van der Waals surface area contributed by atoms with Gasteiger partial charge in [-0.3, -0.25) is 9.58 Å². The number of rotatable bonds is 7. The number of hydrogen-bond donors (Lipinski definition) is 0. The van der Waals surface area contributed by atoms with Gasteiger partial charge in [-0.25, -0.2) is 0 Å². The van der Waals surface area contributed by atoms with Gasteiger partial charge in [-0.2, -0.15) is 10.4 Å². The van der Waals surface area contributed by atoms with Crippen molar-refractivity contribution in [3.05, 3.63) is 18.0 Å². The Labute approximate surface area is 104 Å². The van der Waals surface area contributed by atoms with Crippen LogP contribution in [0.4, 0.5) is 0 Å². The minimum atomic E-state index is 0.456. The Bertz CT molecular complexity index is 364. The van der Waals surface area contributed by atoms with Gasteiger partial charge < -0.3 is 0 Å². The normalized spacial score (nSPS) is 12.6. The first-order valence-corrected chi connectivity index (χ1v) is 6.34. The van der Waals surface area contributed by atoms with Gasteiger partial charge in [0.25, 0.3) is 0 Å². The predicted molar refractivity (Wildman–Crippen MR) is 68.4 cm³/mol. The fourth-order valence-corrected chi connectivity index (χ4v) is 1.68. The van der Waals surface area contributed by atoms with E-state index in [0.717, 1.165) is 31.7 Å². The lowest BCUT2D eigenvalue weighted by Crippen LogP contribution is -2.24. The number of nitriles is 1. The first-order chi connectivity index (χ1) is 8.21. The van der Waals surface area contributed by atoms with E-state index in [1.165, 1.54) is 0 Å². The highest BCUT2D eigenvalue weighted by atomic mass is 15.3. The highest BCUT2D eigenvalue weighted by Gasteiger charge is 2.08. The van der Waals surface area contributed by atoms with E-state index in [4.69, 9.17) is 5.26 Å². The van der Waals surface area contributed by atoms with Crippen LogP contribution in [-0.4, -0.2) is 27.8 Å². The van der Waals surface area contributed by atoms with Gasteiger partial charge >= 0.3 is 0 Å². The van der Waals surface area contributed by atoms with E-state index in [9.17, 15) is 0 Å². The third-order valence-electron chi connectivity index (χ3n) is 3.08. The summed E-state index contributed by atoms with van der Waals surface area (Å²) in [5.74, 6) is 0. The smallest absolute Gasteiger partial charge is 0.0764 e. The van der Waals surface area contributed by atoms with E-state index < -0.39 is 0 Å². The molecule has 0 radical (unpaired) electrons. The van der Waals surface area contributed by atoms with Crippen LogP contribution in [0.2, 0.25) is 0 Å². The van der Waals surface area contributed by atoms with Crippen molar-refractivity contribution in [2.75, 3.05) is 13.1 Å². The molecule has 4 heteroatoms. The maximum absolute atomic E-state index is 8.59. The molecule has 0 N–H and O–H groups in total. The second-order valence-electron chi connectivity index (χ2n) is 4.32. The molecule has 0 amide bonds. The van der Waals surface area contributed by atoms with Gasteiger partial charge in [0.15, 0.2) is 0 Å². The lowest BCUT2D eigenvalue weighted by molar-refractivity contribution is 0.281. The first-order valence-electron chi connectivity index (χ1n) is 6.34. The van der Waals surface area contributed by atoms with Crippen LogP contribution in [0.25, 0.3) is 0 Å². The fourth-order valence-electron chi connectivity index (χ4n) is 1.68. The molecule has 1 rings (SSSR count). The Morgan fingerprint density at radius 2 is 2.29 bits per heavy atom. The Kier molecular flexibility index (Phi) is 5.71. The molecule has 0 fully saturated rings. The number of aromatic nitrogens is 2. The number of nitrogens with zero attached hydrogens (tertiary/aromatic N) is 4. The largest absolute Gasteiger partial charge is 0.297 e. The van der Waals surface area contributed by atoms with Crippen molar-refractivity contribution in [3.63, 3.8) is 0 Å². The topological polar surface area (TPSA) is 44.9 Å². The van der Waals surface area contributed by atoms with Crippen LogP contribution >= 0.6 is 0 Å². The third kappa shape index (κ3) is 4.20. The molecule has 1 atom stereocenters. The maximum atomic E-state index is 8.59. The molecule has 17 heavy (non-hydrogen) atoms. The second-order valence-corrected chi connectivity index (χ2v) is 4.32. The molecule has 1 aromatic heterocycles. The van der Waals surface area contributed by atoms with Crippen LogP contribution in [0.15, 0.2) is 12.3 Å². The van der Waals surface area contributed by atoms with Gasteiger partial charge in [0.2, 0.25) is 0 Å². The minimum absolute atomic E-state index is 0.456. The Morgan fingerprint density at radius 1 is 1.53 bits per heavy atom. The maximum Gasteiger partial charge on any atom is 0.0764 e. The average Bonchev–Trinajstić information content (AvgIpc) is 2.81. The monoisotopic (exact) mass is 234 g/mol. The van der Waals surface area contributed by atoms with Gasteiger partial charge in [0, 0.05) is 31.7 Å². The Morgan fingerprint density at radius 3 is 2.88 bits per heavy atom. The standard InChI is InChI=1S/C13H22N4/c1-4-12(3)17-10-7-13(15-17)11-16(5-2)9-6-8-14/h7,10,12H,4-6,9,11H2,1-3H3. The Hall–Kier alpha value is -1.34. The van der Waals surface area contributed by atoms with Gasteiger partial charge in [-0.1, -0.05) is 13.8 Å². The molecule has 1 unspecified atom stereocenters. The molecule has 0 aliphatic heterocycles. The van der Waals surface area contributed by atoms with Crippen molar-refractivity contribution in [3.8, 4) is 6.07 Å². The van der Waals surface area contributed by atoms with Crippen LogP contribution in [0.5, 0.6) is 0 Å². The van der Waals surface area contributed by atoms with Crippen LogP contribution in [0.1, 0.15) is 45.3 Å². The van der Waals surface area contributed by atoms with E-state index in [0.29, 0.717) is 12.5 Å². The van der Waals surface area contributed by atoms with Crippen LogP contribution < -0.4 is 0 Å². The molecule has 0 aliphatic rings. The number of hydrogen-bond acceptors (Lipinski definition) is 3. The summed E-state index contributed by atoms with van der Waals surface area (Å²) in [4.78, 5) is 2.24. The molecule has 0 aliphatic carbocycles. The molecule has 4 nitrogen and oxygen atoms in total. The van der Waals surface area contributed by atoms with E-state index >= 15 is 0 Å². The van der Waals surface area contributed by atoms with E-state index in [2.05, 4.69) is 42.9 Å². The summed E-state index contributed by atoms with van der Waals surface area (Å²) < 4.78 is 2.02. The van der Waals surface area contributed by atoms with Crippen molar-refractivity contribution in [1.29, 1.82) is 5.26 Å². The zero-order valence-corrected chi connectivity index (χ0v) is 11.1. The van der Waals surface area contributed by atoms with Crippen LogP contribution in [0.3, 0.4) is 0 Å². The summed E-state index contributed by atoms with van der Waals surface area (Å²) in [7, 11) is 0. The fraction of sp³-hybridized carbons (Fsp3) is 0.692. The lowest BCUT2D eigenvalue weighted by Gasteiger charge is -2.17. The van der Waals surface area contributed by atoms with Gasteiger partial charge in [-0.05, 0) is 26.0 Å². The molecular weight excluding hydrogens is 212 g/mol. The molecule has 0 spiro atoms. The molecular formula is C13H22N4. The first kappa shape index (κ1) is 13.7. The third-order valence-corrected chi connectivity index (χ3v) is 3.08. The van der Waals surface area contributed by atoms with Crippen molar-refractivity contribution in [2.24, 2.45) is 0 Å². The summed E-state index contributed by atoms with van der Waals surface area (Å²) in [5.41, 5.74) is 1.09. The quantitative estimate of drug-likeness (QED) is 0.728. The Balaban J connectivity index is 2.55. The summed E-state index contributed by atoms with van der Waals surface area (Å²) in [6.45, 7) is 9.06. The summed E-state index contributed by atoms with van der Waals surface area (Å²) in [6, 6.07) is 4.71.